The van der Waals surface area contributed by atoms with Crippen molar-refractivity contribution < 1.29 is 9.53 Å². The van der Waals surface area contributed by atoms with Crippen molar-refractivity contribution in [2.45, 2.75) is 0 Å². The number of benzene rings is 1. The minimum atomic E-state index is -0.0287. The predicted octanol–water partition coefficient (Wildman–Crippen LogP) is 4.14. The number of hydrogen-bond acceptors (Lipinski definition) is 5. The molecule has 0 amide bonds. The summed E-state index contributed by atoms with van der Waals surface area (Å²) in [5.41, 5.74) is 1.35. The Kier molecular flexibility index (Phi) is 5.90. The normalized spacial score (nSPS) is 15.9. The van der Waals surface area contributed by atoms with Gasteiger partial charge in [0.25, 0.3) is 0 Å². The van der Waals surface area contributed by atoms with E-state index in [0.717, 1.165) is 33.2 Å². The van der Waals surface area contributed by atoms with Crippen LogP contribution in [0, 0.1) is 0 Å². The first kappa shape index (κ1) is 15.7. The Morgan fingerprint density at radius 2 is 2.19 bits per heavy atom. The minimum absolute atomic E-state index is 0.0287. The van der Waals surface area contributed by atoms with Gasteiger partial charge in [0, 0.05) is 5.75 Å². The molecule has 0 radical (unpaired) electrons. The highest BCUT2D eigenvalue weighted by Gasteiger charge is 2.21. The molecule has 1 aromatic carbocycles. The number of aliphatic imine (C=N–C) groups is 1. The SMILES string of the molecule is C=CCOc1cccc(C=C2N=C(SCC=C)SC2=O)c1. The topological polar surface area (TPSA) is 38.7 Å². The van der Waals surface area contributed by atoms with Gasteiger partial charge in [0.2, 0.25) is 5.12 Å². The van der Waals surface area contributed by atoms with E-state index in [-0.39, 0.29) is 5.12 Å². The highest BCUT2D eigenvalue weighted by molar-refractivity contribution is 8.45. The lowest BCUT2D eigenvalue weighted by molar-refractivity contribution is -0.107. The molecular formula is C16H15NO2S2. The molecule has 5 heteroatoms. The molecule has 0 saturated carbocycles. The number of nitrogens with zero attached hydrogens (tertiary/aromatic N) is 1. The quantitative estimate of drug-likeness (QED) is 0.584. The zero-order chi connectivity index (χ0) is 15.1. The van der Waals surface area contributed by atoms with Crippen molar-refractivity contribution >= 4 is 39.1 Å². The van der Waals surface area contributed by atoms with Crippen molar-refractivity contribution in [3.05, 3.63) is 60.8 Å². The van der Waals surface area contributed by atoms with Gasteiger partial charge in [-0.25, -0.2) is 4.99 Å². The molecule has 0 fully saturated rings. The maximum Gasteiger partial charge on any atom is 0.244 e. The van der Waals surface area contributed by atoms with Crippen molar-refractivity contribution in [1.29, 1.82) is 0 Å². The van der Waals surface area contributed by atoms with Crippen LogP contribution in [0.4, 0.5) is 0 Å². The summed E-state index contributed by atoms with van der Waals surface area (Å²) in [7, 11) is 0. The molecule has 0 unspecified atom stereocenters. The second-order valence-electron chi connectivity index (χ2n) is 4.07. The lowest BCUT2D eigenvalue weighted by Crippen LogP contribution is -1.93. The first-order valence-electron chi connectivity index (χ1n) is 6.33. The van der Waals surface area contributed by atoms with Gasteiger partial charge in [-0.3, -0.25) is 4.79 Å². The third kappa shape index (κ3) is 4.65. The minimum Gasteiger partial charge on any atom is -0.490 e. The van der Waals surface area contributed by atoms with Crippen LogP contribution in [0.3, 0.4) is 0 Å². The molecule has 0 atom stereocenters. The summed E-state index contributed by atoms with van der Waals surface area (Å²) in [5.74, 6) is 1.49. The van der Waals surface area contributed by atoms with E-state index in [4.69, 9.17) is 4.74 Å². The molecule has 3 nitrogen and oxygen atoms in total. The highest BCUT2D eigenvalue weighted by atomic mass is 32.2. The third-order valence-corrected chi connectivity index (χ3v) is 4.46. The lowest BCUT2D eigenvalue weighted by Gasteiger charge is -2.03. The second-order valence-corrected chi connectivity index (χ2v) is 6.30. The molecule has 1 aliphatic rings. The number of rotatable bonds is 6. The Bertz CT molecular complexity index is 620. The Labute approximate surface area is 132 Å². The van der Waals surface area contributed by atoms with Crippen LogP contribution in [0.25, 0.3) is 6.08 Å². The Hall–Kier alpha value is -1.72. The molecule has 1 aliphatic heterocycles. The molecule has 0 saturated heterocycles. The van der Waals surface area contributed by atoms with E-state index in [0.29, 0.717) is 12.3 Å². The number of carbonyl (C=O) groups excluding carboxylic acids is 1. The van der Waals surface area contributed by atoms with Crippen molar-refractivity contribution in [2.75, 3.05) is 12.4 Å². The summed E-state index contributed by atoms with van der Waals surface area (Å²) in [6.07, 6.45) is 5.26. The largest absolute Gasteiger partial charge is 0.490 e. The van der Waals surface area contributed by atoms with E-state index < -0.39 is 0 Å². The van der Waals surface area contributed by atoms with Gasteiger partial charge in [0.1, 0.15) is 22.4 Å². The lowest BCUT2D eigenvalue weighted by atomic mass is 10.2. The first-order chi connectivity index (χ1) is 10.2. The van der Waals surface area contributed by atoms with Crippen LogP contribution >= 0.6 is 23.5 Å². The van der Waals surface area contributed by atoms with Gasteiger partial charge >= 0.3 is 0 Å². The van der Waals surface area contributed by atoms with E-state index in [1.54, 1.807) is 18.2 Å². The molecule has 0 aliphatic carbocycles. The van der Waals surface area contributed by atoms with Crippen LogP contribution in [0.15, 0.2) is 60.3 Å². The van der Waals surface area contributed by atoms with Crippen molar-refractivity contribution in [2.24, 2.45) is 4.99 Å². The molecule has 2 rings (SSSR count). The summed E-state index contributed by atoms with van der Waals surface area (Å²) >= 11 is 2.68. The molecule has 0 aromatic heterocycles. The van der Waals surface area contributed by atoms with Gasteiger partial charge in [0.05, 0.1) is 0 Å². The van der Waals surface area contributed by atoms with Crippen LogP contribution in [-0.2, 0) is 4.79 Å². The first-order valence-corrected chi connectivity index (χ1v) is 8.13. The maximum atomic E-state index is 11.9. The van der Waals surface area contributed by atoms with Crippen molar-refractivity contribution in [3.63, 3.8) is 0 Å². The molecule has 0 N–H and O–H groups in total. The summed E-state index contributed by atoms with van der Waals surface area (Å²) < 4.78 is 6.24. The van der Waals surface area contributed by atoms with Gasteiger partial charge in [-0.1, -0.05) is 42.6 Å². The highest BCUT2D eigenvalue weighted by Crippen LogP contribution is 2.31. The molecule has 0 spiro atoms. The average Bonchev–Trinajstić information content (AvgIpc) is 2.83. The summed E-state index contributed by atoms with van der Waals surface area (Å²) in [5, 5.41) is -0.0287. The van der Waals surface area contributed by atoms with E-state index in [9.17, 15) is 4.79 Å². The number of hydrogen-bond donors (Lipinski definition) is 0. The van der Waals surface area contributed by atoms with Gasteiger partial charge in [-0.05, 0) is 35.5 Å². The Balaban J connectivity index is 2.14. The second kappa shape index (κ2) is 7.90. The van der Waals surface area contributed by atoms with Gasteiger partial charge in [-0.2, -0.15) is 0 Å². The molecule has 1 aromatic rings. The zero-order valence-corrected chi connectivity index (χ0v) is 13.1. The monoisotopic (exact) mass is 317 g/mol. The number of ether oxygens (including phenoxy) is 1. The standard InChI is InChI=1S/C16H15NO2S2/c1-3-8-19-13-7-5-6-12(10-13)11-14-15(18)21-16(17-14)20-9-4-2/h3-7,10-11H,1-2,8-9H2. The van der Waals surface area contributed by atoms with Gasteiger partial charge in [-0.15, -0.1) is 6.58 Å². The van der Waals surface area contributed by atoms with Crippen LogP contribution in [0.5, 0.6) is 5.75 Å². The van der Waals surface area contributed by atoms with Crippen LogP contribution in [-0.4, -0.2) is 21.9 Å². The van der Waals surface area contributed by atoms with E-state index in [1.165, 1.54) is 11.8 Å². The van der Waals surface area contributed by atoms with E-state index in [2.05, 4.69) is 18.2 Å². The molecule has 1 heterocycles. The smallest absolute Gasteiger partial charge is 0.244 e. The van der Waals surface area contributed by atoms with Crippen LogP contribution < -0.4 is 4.74 Å². The Morgan fingerprint density at radius 3 is 2.95 bits per heavy atom. The van der Waals surface area contributed by atoms with Gasteiger partial charge < -0.3 is 4.74 Å². The zero-order valence-electron chi connectivity index (χ0n) is 11.5. The van der Waals surface area contributed by atoms with Gasteiger partial charge in [0.15, 0.2) is 0 Å². The fourth-order valence-electron chi connectivity index (χ4n) is 1.59. The molecule has 108 valence electrons. The van der Waals surface area contributed by atoms with Crippen molar-refractivity contribution in [3.8, 4) is 5.75 Å². The number of carbonyl (C=O) groups is 1. The number of thioether (sulfide) groups is 2. The fraction of sp³-hybridized carbons (Fsp3) is 0.125. The fourth-order valence-corrected chi connectivity index (χ4v) is 3.19. The van der Waals surface area contributed by atoms with Crippen LogP contribution in [0.1, 0.15) is 5.56 Å². The average molecular weight is 317 g/mol. The Morgan fingerprint density at radius 1 is 1.33 bits per heavy atom. The van der Waals surface area contributed by atoms with E-state index in [1.807, 2.05) is 24.3 Å². The molecule has 21 heavy (non-hydrogen) atoms. The summed E-state index contributed by atoms with van der Waals surface area (Å²) in [4.78, 5) is 16.2. The maximum absolute atomic E-state index is 11.9. The van der Waals surface area contributed by atoms with Crippen molar-refractivity contribution in [1.82, 2.24) is 0 Å². The summed E-state index contributed by atoms with van der Waals surface area (Å²) in [6.45, 7) is 7.72. The van der Waals surface area contributed by atoms with Crippen LogP contribution in [0.2, 0.25) is 0 Å². The predicted molar refractivity (Wildman–Crippen MR) is 92.8 cm³/mol. The van der Waals surface area contributed by atoms with E-state index >= 15 is 0 Å². The third-order valence-electron chi connectivity index (χ3n) is 2.45. The molecular weight excluding hydrogens is 302 g/mol. The molecule has 0 bridgehead atoms. The summed E-state index contributed by atoms with van der Waals surface area (Å²) in [6, 6.07) is 7.54.